The summed E-state index contributed by atoms with van der Waals surface area (Å²) in [6.07, 6.45) is -0.508. The summed E-state index contributed by atoms with van der Waals surface area (Å²) >= 11 is 0. The summed E-state index contributed by atoms with van der Waals surface area (Å²) in [5.74, 6) is -2.02. The first-order valence-electron chi connectivity index (χ1n) is 8.60. The van der Waals surface area contributed by atoms with Gasteiger partial charge in [0.25, 0.3) is 0 Å². The molecule has 0 fully saturated rings. The molecular formula is C22H21O4P. The number of carboxylic acid groups (broad SMARTS) is 2. The van der Waals surface area contributed by atoms with Crippen LogP contribution in [0.5, 0.6) is 0 Å². The molecule has 4 nitrogen and oxygen atoms in total. The summed E-state index contributed by atoms with van der Waals surface area (Å²) in [6.45, 7) is -3.82. The van der Waals surface area contributed by atoms with Gasteiger partial charge in [0.15, 0.2) is 0 Å². The molecule has 0 amide bonds. The van der Waals surface area contributed by atoms with E-state index in [4.69, 9.17) is 0 Å². The van der Waals surface area contributed by atoms with Crippen molar-refractivity contribution in [2.24, 2.45) is 0 Å². The van der Waals surface area contributed by atoms with Gasteiger partial charge in [-0.1, -0.05) is 0 Å². The molecule has 138 valence electrons. The fourth-order valence-electron chi connectivity index (χ4n) is 4.01. The summed E-state index contributed by atoms with van der Waals surface area (Å²) < 4.78 is 0. The first-order valence-corrected chi connectivity index (χ1v) is 11.2. The van der Waals surface area contributed by atoms with Crippen LogP contribution in [0.4, 0.5) is 0 Å². The van der Waals surface area contributed by atoms with E-state index in [2.05, 4.69) is 0 Å². The Morgan fingerprint density at radius 2 is 0.815 bits per heavy atom. The van der Waals surface area contributed by atoms with E-state index in [1.165, 1.54) is 0 Å². The zero-order valence-electron chi connectivity index (χ0n) is 14.7. The number of hydrogen-bond acceptors (Lipinski definition) is 2. The molecule has 0 saturated carbocycles. The third kappa shape index (κ3) is 3.13. The van der Waals surface area contributed by atoms with Crippen LogP contribution >= 0.6 is 6.60 Å². The van der Waals surface area contributed by atoms with Gasteiger partial charge in [0, 0.05) is 0 Å². The fraction of sp³-hybridized carbons (Fsp3) is 0.0909. The quantitative estimate of drug-likeness (QED) is 0.618. The molecule has 3 aromatic carbocycles. The average molecular weight is 380 g/mol. The molecule has 0 aliphatic rings. The Kier molecular flexibility index (Phi) is 5.11. The first kappa shape index (κ1) is 18.8. The Morgan fingerprint density at radius 3 is 1.04 bits per heavy atom. The van der Waals surface area contributed by atoms with Crippen LogP contribution in [0.2, 0.25) is 0 Å². The van der Waals surface area contributed by atoms with Crippen molar-refractivity contribution in [2.75, 3.05) is 12.3 Å². The Hall–Kier alpha value is -2.97. The van der Waals surface area contributed by atoms with Gasteiger partial charge in [0.1, 0.15) is 0 Å². The molecule has 0 aromatic heterocycles. The van der Waals surface area contributed by atoms with Gasteiger partial charge < -0.3 is 0 Å². The van der Waals surface area contributed by atoms with Crippen LogP contribution in [0.15, 0.2) is 91.0 Å². The van der Waals surface area contributed by atoms with E-state index in [0.717, 1.165) is 15.9 Å². The fourth-order valence-corrected chi connectivity index (χ4v) is 9.98. The van der Waals surface area contributed by atoms with Crippen LogP contribution in [-0.2, 0) is 9.59 Å². The van der Waals surface area contributed by atoms with Gasteiger partial charge in [-0.2, -0.15) is 0 Å². The predicted octanol–water partition coefficient (Wildman–Crippen LogP) is 2.69. The van der Waals surface area contributed by atoms with Crippen LogP contribution in [0.1, 0.15) is 0 Å². The van der Waals surface area contributed by atoms with Crippen LogP contribution in [0.3, 0.4) is 0 Å². The minimum atomic E-state index is -3.82. The molecule has 0 bridgehead atoms. The molecule has 0 atom stereocenters. The maximum absolute atomic E-state index is 12.2. The second kappa shape index (κ2) is 7.34. The maximum atomic E-state index is 12.2. The second-order valence-electron chi connectivity index (χ2n) is 6.62. The van der Waals surface area contributed by atoms with Crippen LogP contribution in [0.25, 0.3) is 0 Å². The summed E-state index contributed by atoms with van der Waals surface area (Å²) in [6, 6.07) is 27.8. The van der Waals surface area contributed by atoms with Crippen molar-refractivity contribution in [2.45, 2.75) is 0 Å². The molecule has 0 radical (unpaired) electrons. The number of rotatable bonds is 7. The Labute approximate surface area is 158 Å². The Bertz CT molecular complexity index is 820. The Balaban J connectivity index is 2.56. The number of benzene rings is 3. The van der Waals surface area contributed by atoms with Crippen molar-refractivity contribution in [1.29, 1.82) is 0 Å². The molecule has 5 heteroatoms. The van der Waals surface area contributed by atoms with Crippen LogP contribution in [-0.4, -0.2) is 34.5 Å². The number of carboxylic acids is 2. The molecule has 3 aromatic rings. The molecule has 0 saturated heterocycles. The minimum absolute atomic E-state index is 0.254. The number of carbonyl (C=O) groups is 2. The molecular weight excluding hydrogens is 359 g/mol. The molecule has 2 N–H and O–H groups in total. The SMILES string of the molecule is O=C(O)CP(CC(=O)O)(c1ccccc1)(c1ccccc1)c1ccccc1. The molecule has 0 spiro atoms. The summed E-state index contributed by atoms with van der Waals surface area (Å²) in [5.41, 5.74) is 0. The molecule has 27 heavy (non-hydrogen) atoms. The van der Waals surface area contributed by atoms with Gasteiger partial charge in [0.2, 0.25) is 0 Å². The third-order valence-electron chi connectivity index (χ3n) is 5.11. The van der Waals surface area contributed by atoms with Gasteiger partial charge >= 0.3 is 158 Å². The van der Waals surface area contributed by atoms with Crippen molar-refractivity contribution >= 4 is 34.5 Å². The topological polar surface area (TPSA) is 74.6 Å². The number of hydrogen-bond donors (Lipinski definition) is 2. The molecule has 0 unspecified atom stereocenters. The molecule has 0 aliphatic carbocycles. The van der Waals surface area contributed by atoms with Gasteiger partial charge in [-0.25, -0.2) is 0 Å². The monoisotopic (exact) mass is 380 g/mol. The van der Waals surface area contributed by atoms with Gasteiger partial charge in [0.05, 0.1) is 0 Å². The summed E-state index contributed by atoms with van der Waals surface area (Å²) in [5, 5.41) is 22.2. The van der Waals surface area contributed by atoms with Gasteiger partial charge in [-0.15, -0.1) is 0 Å². The van der Waals surface area contributed by atoms with E-state index in [0.29, 0.717) is 0 Å². The normalized spacial score (nSPS) is 12.7. The van der Waals surface area contributed by atoms with E-state index in [1.54, 1.807) is 0 Å². The third-order valence-corrected chi connectivity index (χ3v) is 11.7. The van der Waals surface area contributed by atoms with E-state index >= 15 is 0 Å². The Morgan fingerprint density at radius 1 is 0.556 bits per heavy atom. The zero-order chi connectivity index (χ0) is 19.4. The van der Waals surface area contributed by atoms with Crippen LogP contribution in [0, 0.1) is 0 Å². The van der Waals surface area contributed by atoms with E-state index < -0.39 is 18.5 Å². The van der Waals surface area contributed by atoms with Gasteiger partial charge in [-0.3, -0.25) is 0 Å². The van der Waals surface area contributed by atoms with Crippen LogP contribution < -0.4 is 15.9 Å². The van der Waals surface area contributed by atoms with Crippen molar-refractivity contribution in [3.8, 4) is 0 Å². The van der Waals surface area contributed by atoms with Crippen molar-refractivity contribution in [1.82, 2.24) is 0 Å². The average Bonchev–Trinajstić information content (AvgIpc) is 2.69. The second-order valence-corrected chi connectivity index (χ2v) is 11.8. The van der Waals surface area contributed by atoms with E-state index in [-0.39, 0.29) is 12.3 Å². The molecule has 3 rings (SSSR count). The standard InChI is InChI=1S/C22H21O4P/c23-21(24)16-27(17-22(25)26,18-10-4-1-5-11-18,19-12-6-2-7-13-19)20-14-8-3-9-15-20/h1-15H,16-17H2,(H,23,24)(H,25,26). The van der Waals surface area contributed by atoms with Crippen molar-refractivity contribution < 1.29 is 19.8 Å². The molecule has 0 aliphatic heterocycles. The van der Waals surface area contributed by atoms with Gasteiger partial charge in [-0.05, 0) is 0 Å². The van der Waals surface area contributed by atoms with E-state index in [9.17, 15) is 19.8 Å². The van der Waals surface area contributed by atoms with Crippen molar-refractivity contribution in [3.05, 3.63) is 91.0 Å². The molecule has 0 heterocycles. The summed E-state index contributed by atoms with van der Waals surface area (Å²) in [7, 11) is 0. The summed E-state index contributed by atoms with van der Waals surface area (Å²) in [4.78, 5) is 24.3. The first-order chi connectivity index (χ1) is 13.0. The zero-order valence-corrected chi connectivity index (χ0v) is 15.6. The number of aliphatic carboxylic acids is 2. The predicted molar refractivity (Wildman–Crippen MR) is 110 cm³/mol. The van der Waals surface area contributed by atoms with Crippen molar-refractivity contribution in [3.63, 3.8) is 0 Å². The van der Waals surface area contributed by atoms with E-state index in [1.807, 2.05) is 91.0 Å².